The number of amides is 1. The van der Waals surface area contributed by atoms with Crippen molar-refractivity contribution in [3.05, 3.63) is 0 Å². The van der Waals surface area contributed by atoms with Crippen molar-refractivity contribution in [3.8, 4) is 0 Å². The first kappa shape index (κ1) is 15.9. The van der Waals surface area contributed by atoms with Crippen LogP contribution in [0.3, 0.4) is 0 Å². The third kappa shape index (κ3) is 6.02. The summed E-state index contributed by atoms with van der Waals surface area (Å²) in [7, 11) is 0. The first-order chi connectivity index (χ1) is 9.00. The number of hydrogen-bond acceptors (Lipinski definition) is 4. The van der Waals surface area contributed by atoms with Gasteiger partial charge in [-0.15, -0.1) is 0 Å². The van der Waals surface area contributed by atoms with E-state index in [0.717, 1.165) is 25.9 Å². The monoisotopic (exact) mass is 272 g/mol. The van der Waals surface area contributed by atoms with E-state index < -0.39 is 12.0 Å². The van der Waals surface area contributed by atoms with Crippen LogP contribution in [0.1, 0.15) is 33.1 Å². The highest BCUT2D eigenvalue weighted by Gasteiger charge is 2.23. The Bertz CT molecular complexity index is 301. The van der Waals surface area contributed by atoms with Gasteiger partial charge in [0.15, 0.2) is 0 Å². The van der Waals surface area contributed by atoms with Crippen molar-refractivity contribution in [1.29, 1.82) is 0 Å². The molecule has 19 heavy (non-hydrogen) atoms. The molecule has 6 heteroatoms. The van der Waals surface area contributed by atoms with Crippen LogP contribution in [0.2, 0.25) is 0 Å². The van der Waals surface area contributed by atoms with E-state index >= 15 is 0 Å². The summed E-state index contributed by atoms with van der Waals surface area (Å²) in [5, 5.41) is 14.7. The number of carbonyl (C=O) groups excluding carboxylic acids is 1. The number of hydrogen-bond donors (Lipinski definition) is 3. The molecule has 1 heterocycles. The number of nitrogens with one attached hydrogen (secondary N) is 2. The van der Waals surface area contributed by atoms with Gasteiger partial charge in [0, 0.05) is 6.42 Å². The Morgan fingerprint density at radius 3 is 2.53 bits per heavy atom. The second kappa shape index (κ2) is 8.12. The number of aliphatic carboxylic acids is 1. The molecule has 0 aromatic heterocycles. The van der Waals surface area contributed by atoms with E-state index in [0.29, 0.717) is 6.61 Å². The Balaban J connectivity index is 2.21. The van der Waals surface area contributed by atoms with Crippen LogP contribution in [-0.2, 0) is 14.3 Å². The van der Waals surface area contributed by atoms with Crippen LogP contribution in [0.5, 0.6) is 0 Å². The molecule has 0 aromatic rings. The normalized spacial score (nSPS) is 18.3. The average molecular weight is 272 g/mol. The number of carboxylic acids is 1. The maximum absolute atomic E-state index is 11.6. The molecule has 1 atom stereocenters. The molecule has 0 aliphatic carbocycles. The van der Waals surface area contributed by atoms with Crippen molar-refractivity contribution in [2.75, 3.05) is 19.7 Å². The molecular formula is C13H24N2O4. The molecule has 0 saturated carbocycles. The molecule has 1 unspecified atom stereocenters. The highest BCUT2D eigenvalue weighted by molar-refractivity contribution is 5.83. The van der Waals surface area contributed by atoms with E-state index in [9.17, 15) is 9.59 Å². The van der Waals surface area contributed by atoms with Gasteiger partial charge in [-0.2, -0.15) is 0 Å². The summed E-state index contributed by atoms with van der Waals surface area (Å²) in [6.45, 7) is 5.78. The second-order valence-electron chi connectivity index (χ2n) is 5.20. The van der Waals surface area contributed by atoms with Gasteiger partial charge in [0.25, 0.3) is 0 Å². The Kier molecular flexibility index (Phi) is 6.80. The van der Waals surface area contributed by atoms with Gasteiger partial charge in [-0.05, 0) is 31.8 Å². The zero-order chi connectivity index (χ0) is 14.3. The van der Waals surface area contributed by atoms with Gasteiger partial charge >= 0.3 is 5.97 Å². The predicted octanol–water partition coefficient (Wildman–Crippen LogP) is 0.371. The Morgan fingerprint density at radius 1 is 1.37 bits per heavy atom. The minimum Gasteiger partial charge on any atom is -0.480 e. The fourth-order valence-corrected chi connectivity index (χ4v) is 2.04. The number of rotatable bonds is 7. The van der Waals surface area contributed by atoms with Crippen molar-refractivity contribution >= 4 is 11.9 Å². The minimum absolute atomic E-state index is 0.133. The first-order valence-electron chi connectivity index (χ1n) is 6.85. The topological polar surface area (TPSA) is 87.7 Å². The number of carboxylic acid groups (broad SMARTS) is 1. The zero-order valence-electron chi connectivity index (χ0n) is 11.6. The highest BCUT2D eigenvalue weighted by atomic mass is 16.5. The van der Waals surface area contributed by atoms with E-state index in [2.05, 4.69) is 10.6 Å². The van der Waals surface area contributed by atoms with Gasteiger partial charge in [-0.25, -0.2) is 4.79 Å². The smallest absolute Gasteiger partial charge is 0.326 e. The summed E-state index contributed by atoms with van der Waals surface area (Å²) in [5.41, 5.74) is 0. The Labute approximate surface area is 113 Å². The zero-order valence-corrected chi connectivity index (χ0v) is 11.6. The van der Waals surface area contributed by atoms with Crippen LogP contribution in [0.25, 0.3) is 0 Å². The predicted molar refractivity (Wildman–Crippen MR) is 70.9 cm³/mol. The van der Waals surface area contributed by atoms with Crippen LogP contribution in [0.15, 0.2) is 0 Å². The average Bonchev–Trinajstić information content (AvgIpc) is 2.36. The summed E-state index contributed by atoms with van der Waals surface area (Å²) in [6.07, 6.45) is 2.35. The maximum atomic E-state index is 11.6. The summed E-state index contributed by atoms with van der Waals surface area (Å²) < 4.78 is 5.61. The van der Waals surface area contributed by atoms with Gasteiger partial charge in [-0.1, -0.05) is 13.8 Å². The lowest BCUT2D eigenvalue weighted by Gasteiger charge is -2.23. The number of ether oxygens (including phenoxy) is 1. The van der Waals surface area contributed by atoms with Crippen LogP contribution < -0.4 is 10.6 Å². The van der Waals surface area contributed by atoms with E-state index in [1.165, 1.54) is 0 Å². The fourth-order valence-electron chi connectivity index (χ4n) is 2.04. The molecule has 0 aromatic carbocycles. The Morgan fingerprint density at radius 2 is 2.00 bits per heavy atom. The molecule has 1 rings (SSSR count). The SMILES string of the molecule is CC(C)C(NC(=O)CCOC1CCNCC1)C(=O)O. The largest absolute Gasteiger partial charge is 0.480 e. The van der Waals surface area contributed by atoms with E-state index in [1.54, 1.807) is 13.8 Å². The van der Waals surface area contributed by atoms with Crippen LogP contribution in [0, 0.1) is 5.92 Å². The molecule has 110 valence electrons. The molecule has 1 aliphatic rings. The summed E-state index contributed by atoms with van der Waals surface area (Å²) in [5.74, 6) is -1.40. The third-order valence-corrected chi connectivity index (χ3v) is 3.22. The molecule has 1 fully saturated rings. The van der Waals surface area contributed by atoms with E-state index in [1.807, 2.05) is 0 Å². The lowest BCUT2D eigenvalue weighted by molar-refractivity contribution is -0.143. The van der Waals surface area contributed by atoms with Crippen molar-refractivity contribution in [2.24, 2.45) is 5.92 Å². The van der Waals surface area contributed by atoms with E-state index in [4.69, 9.17) is 9.84 Å². The molecule has 1 amide bonds. The molecule has 1 aliphatic heterocycles. The third-order valence-electron chi connectivity index (χ3n) is 3.22. The van der Waals surface area contributed by atoms with Crippen LogP contribution >= 0.6 is 0 Å². The molecule has 3 N–H and O–H groups in total. The molecule has 0 radical (unpaired) electrons. The fraction of sp³-hybridized carbons (Fsp3) is 0.846. The van der Waals surface area contributed by atoms with Gasteiger partial charge in [-0.3, -0.25) is 4.79 Å². The minimum atomic E-state index is -0.998. The summed E-state index contributed by atoms with van der Waals surface area (Å²) >= 11 is 0. The van der Waals surface area contributed by atoms with Crippen molar-refractivity contribution in [2.45, 2.75) is 45.3 Å². The van der Waals surface area contributed by atoms with Gasteiger partial charge in [0.2, 0.25) is 5.91 Å². The van der Waals surface area contributed by atoms with Crippen molar-refractivity contribution < 1.29 is 19.4 Å². The summed E-state index contributed by atoms with van der Waals surface area (Å²) in [6, 6.07) is -0.827. The molecular weight excluding hydrogens is 248 g/mol. The highest BCUT2D eigenvalue weighted by Crippen LogP contribution is 2.07. The maximum Gasteiger partial charge on any atom is 0.326 e. The summed E-state index contributed by atoms with van der Waals surface area (Å²) in [4.78, 5) is 22.6. The van der Waals surface area contributed by atoms with Crippen molar-refractivity contribution in [3.63, 3.8) is 0 Å². The lowest BCUT2D eigenvalue weighted by Crippen LogP contribution is -2.44. The number of carbonyl (C=O) groups is 2. The van der Waals surface area contributed by atoms with Crippen molar-refractivity contribution in [1.82, 2.24) is 10.6 Å². The van der Waals surface area contributed by atoms with Crippen LogP contribution in [-0.4, -0.2) is 48.8 Å². The molecule has 0 spiro atoms. The van der Waals surface area contributed by atoms with Crippen LogP contribution in [0.4, 0.5) is 0 Å². The van der Waals surface area contributed by atoms with Gasteiger partial charge in [0.05, 0.1) is 12.7 Å². The first-order valence-corrected chi connectivity index (χ1v) is 6.85. The molecule has 1 saturated heterocycles. The van der Waals surface area contributed by atoms with Gasteiger partial charge in [0.1, 0.15) is 6.04 Å². The molecule has 6 nitrogen and oxygen atoms in total. The molecule has 0 bridgehead atoms. The second-order valence-corrected chi connectivity index (χ2v) is 5.20. The number of piperidine rings is 1. The standard InChI is InChI=1S/C13H24N2O4/c1-9(2)12(13(17)18)15-11(16)5-8-19-10-3-6-14-7-4-10/h9-10,12,14H,3-8H2,1-2H3,(H,15,16)(H,17,18). The quantitative estimate of drug-likeness (QED) is 0.623. The lowest BCUT2D eigenvalue weighted by atomic mass is 10.0. The Hall–Kier alpha value is -1.14. The van der Waals surface area contributed by atoms with E-state index in [-0.39, 0.29) is 24.3 Å². The van der Waals surface area contributed by atoms with Gasteiger partial charge < -0.3 is 20.5 Å².